The first-order valence-electron chi connectivity index (χ1n) is 12.9. The Morgan fingerprint density at radius 1 is 0.789 bits per heavy atom. The van der Waals surface area contributed by atoms with E-state index in [0.29, 0.717) is 11.4 Å². The summed E-state index contributed by atoms with van der Waals surface area (Å²) in [4.78, 5) is 33.9. The molecule has 0 bridgehead atoms. The van der Waals surface area contributed by atoms with Crippen molar-refractivity contribution in [1.29, 1.82) is 0 Å². The standard InChI is InChI=1S/C33H34N2O3/c1-21-6-9-26(16-22(21)2)28-19-34-31(35-20-28)25-10-7-23(8-11-25)17-27(32(37)38)18-30(36)24-12-14-29(15-13-24)33(3,4)5/h6-16,19-20,27H,17-18H2,1-5H3,(H,37,38)/t27-/m1/s1. The van der Waals surface area contributed by atoms with Gasteiger partial charge in [0.15, 0.2) is 11.6 Å². The van der Waals surface area contributed by atoms with Gasteiger partial charge in [0.25, 0.3) is 0 Å². The van der Waals surface area contributed by atoms with Gasteiger partial charge in [-0.05, 0) is 53.5 Å². The number of hydrogen-bond acceptors (Lipinski definition) is 4. The molecular formula is C33H34N2O3. The van der Waals surface area contributed by atoms with E-state index in [-0.39, 0.29) is 24.0 Å². The number of aliphatic carboxylic acids is 1. The van der Waals surface area contributed by atoms with Gasteiger partial charge in [0.2, 0.25) is 0 Å². The maximum atomic E-state index is 12.8. The van der Waals surface area contributed by atoms with E-state index in [9.17, 15) is 14.7 Å². The van der Waals surface area contributed by atoms with Crippen LogP contribution in [0.15, 0.2) is 79.1 Å². The molecule has 0 saturated heterocycles. The van der Waals surface area contributed by atoms with Crippen LogP contribution in [0.5, 0.6) is 0 Å². The smallest absolute Gasteiger partial charge is 0.307 e. The van der Waals surface area contributed by atoms with E-state index in [2.05, 4.69) is 62.8 Å². The van der Waals surface area contributed by atoms with Crippen LogP contribution in [0, 0.1) is 19.8 Å². The number of carboxylic acids is 1. The lowest BCUT2D eigenvalue weighted by Gasteiger charge is -2.19. The maximum Gasteiger partial charge on any atom is 0.307 e. The summed E-state index contributed by atoms with van der Waals surface area (Å²) in [7, 11) is 0. The van der Waals surface area contributed by atoms with Crippen LogP contribution in [-0.4, -0.2) is 26.8 Å². The van der Waals surface area contributed by atoms with Crippen LogP contribution in [0.3, 0.4) is 0 Å². The van der Waals surface area contributed by atoms with E-state index < -0.39 is 11.9 Å². The van der Waals surface area contributed by atoms with E-state index in [1.165, 1.54) is 11.1 Å². The second-order valence-electron chi connectivity index (χ2n) is 11.0. The molecule has 0 aliphatic heterocycles. The molecule has 38 heavy (non-hydrogen) atoms. The number of benzene rings is 3. The average Bonchev–Trinajstić information content (AvgIpc) is 2.90. The molecule has 5 heteroatoms. The molecule has 4 rings (SSSR count). The zero-order valence-corrected chi connectivity index (χ0v) is 22.7. The minimum absolute atomic E-state index is 0.00929. The molecule has 0 saturated carbocycles. The summed E-state index contributed by atoms with van der Waals surface area (Å²) >= 11 is 0. The molecule has 0 aliphatic rings. The highest BCUT2D eigenvalue weighted by atomic mass is 16.4. The van der Waals surface area contributed by atoms with Crippen molar-refractivity contribution in [3.8, 4) is 22.5 Å². The van der Waals surface area contributed by atoms with Crippen molar-refractivity contribution in [1.82, 2.24) is 9.97 Å². The lowest BCUT2D eigenvalue weighted by molar-refractivity contribution is -0.141. The zero-order valence-electron chi connectivity index (χ0n) is 22.7. The number of Topliss-reactive ketones (excluding diaryl/α,β-unsaturated/α-hetero) is 1. The first kappa shape index (κ1) is 26.9. The molecule has 4 aromatic rings. The molecule has 1 aromatic heterocycles. The van der Waals surface area contributed by atoms with Crippen LogP contribution in [0.1, 0.15) is 59.8 Å². The van der Waals surface area contributed by atoms with Gasteiger partial charge in [0.05, 0.1) is 5.92 Å². The van der Waals surface area contributed by atoms with Gasteiger partial charge in [0.1, 0.15) is 0 Å². The van der Waals surface area contributed by atoms with Crippen molar-refractivity contribution >= 4 is 11.8 Å². The summed E-state index contributed by atoms with van der Waals surface area (Å²) in [5, 5.41) is 9.79. The van der Waals surface area contributed by atoms with Gasteiger partial charge < -0.3 is 5.11 Å². The minimum Gasteiger partial charge on any atom is -0.481 e. The summed E-state index contributed by atoms with van der Waals surface area (Å²) in [6, 6.07) is 21.3. The Morgan fingerprint density at radius 3 is 1.95 bits per heavy atom. The number of aryl methyl sites for hydroxylation is 2. The van der Waals surface area contributed by atoms with Gasteiger partial charge in [-0.25, -0.2) is 9.97 Å². The number of ketones is 1. The van der Waals surface area contributed by atoms with E-state index in [1.54, 1.807) is 12.1 Å². The van der Waals surface area contributed by atoms with Crippen molar-refractivity contribution in [3.05, 3.63) is 107 Å². The van der Waals surface area contributed by atoms with Gasteiger partial charge in [-0.1, -0.05) is 87.5 Å². The largest absolute Gasteiger partial charge is 0.481 e. The molecule has 0 amide bonds. The van der Waals surface area contributed by atoms with E-state index in [1.807, 2.05) is 48.8 Å². The first-order valence-corrected chi connectivity index (χ1v) is 12.9. The van der Waals surface area contributed by atoms with Crippen molar-refractivity contribution in [2.45, 2.75) is 52.9 Å². The molecular weight excluding hydrogens is 472 g/mol. The quantitative estimate of drug-likeness (QED) is 0.255. The predicted molar refractivity (Wildman–Crippen MR) is 151 cm³/mol. The normalized spacial score (nSPS) is 12.2. The van der Waals surface area contributed by atoms with E-state index in [4.69, 9.17) is 0 Å². The van der Waals surface area contributed by atoms with Crippen LogP contribution in [-0.2, 0) is 16.6 Å². The van der Waals surface area contributed by atoms with Crippen molar-refractivity contribution < 1.29 is 14.7 Å². The second kappa shape index (κ2) is 11.1. The number of carbonyl (C=O) groups is 2. The highest BCUT2D eigenvalue weighted by Crippen LogP contribution is 2.25. The van der Waals surface area contributed by atoms with Crippen LogP contribution in [0.2, 0.25) is 0 Å². The van der Waals surface area contributed by atoms with Crippen molar-refractivity contribution in [2.24, 2.45) is 5.92 Å². The molecule has 0 spiro atoms. The Hall–Kier alpha value is -4.12. The van der Waals surface area contributed by atoms with E-state index >= 15 is 0 Å². The summed E-state index contributed by atoms with van der Waals surface area (Å²) in [6.07, 6.45) is 3.86. The van der Waals surface area contributed by atoms with Gasteiger partial charge in [-0.3, -0.25) is 9.59 Å². The van der Waals surface area contributed by atoms with Crippen molar-refractivity contribution in [2.75, 3.05) is 0 Å². The van der Waals surface area contributed by atoms with Crippen LogP contribution >= 0.6 is 0 Å². The molecule has 1 heterocycles. The van der Waals surface area contributed by atoms with Gasteiger partial charge in [0, 0.05) is 35.5 Å². The van der Waals surface area contributed by atoms with Crippen LogP contribution < -0.4 is 0 Å². The molecule has 0 aliphatic carbocycles. The Kier molecular flexibility index (Phi) is 7.86. The number of aromatic nitrogens is 2. The molecule has 3 aromatic carbocycles. The second-order valence-corrected chi connectivity index (χ2v) is 11.0. The highest BCUT2D eigenvalue weighted by Gasteiger charge is 2.23. The topological polar surface area (TPSA) is 80.2 Å². The zero-order chi connectivity index (χ0) is 27.4. The van der Waals surface area contributed by atoms with E-state index in [0.717, 1.165) is 27.8 Å². The Labute approximate surface area is 224 Å². The summed E-state index contributed by atoms with van der Waals surface area (Å²) in [5.41, 5.74) is 7.87. The fourth-order valence-corrected chi connectivity index (χ4v) is 4.37. The third-order valence-corrected chi connectivity index (χ3v) is 7.04. The third-order valence-electron chi connectivity index (χ3n) is 7.04. The highest BCUT2D eigenvalue weighted by molar-refractivity contribution is 5.98. The van der Waals surface area contributed by atoms with Crippen molar-refractivity contribution in [3.63, 3.8) is 0 Å². The fourth-order valence-electron chi connectivity index (χ4n) is 4.37. The first-order chi connectivity index (χ1) is 18.0. The van der Waals surface area contributed by atoms with Gasteiger partial charge in [-0.2, -0.15) is 0 Å². The summed E-state index contributed by atoms with van der Waals surface area (Å²) < 4.78 is 0. The molecule has 5 nitrogen and oxygen atoms in total. The molecule has 0 radical (unpaired) electrons. The summed E-state index contributed by atoms with van der Waals surface area (Å²) in [5.74, 6) is -1.33. The predicted octanol–water partition coefficient (Wildman–Crippen LogP) is 7.24. The number of rotatable bonds is 8. The van der Waals surface area contributed by atoms with Gasteiger partial charge >= 0.3 is 5.97 Å². The fraction of sp³-hybridized carbons (Fsp3) is 0.273. The molecule has 0 unspecified atom stereocenters. The number of hydrogen-bond donors (Lipinski definition) is 1. The maximum absolute atomic E-state index is 12.8. The SMILES string of the molecule is Cc1ccc(-c2cnc(-c3ccc(C[C@H](CC(=O)c4ccc(C(C)(C)C)cc4)C(=O)O)cc3)nc2)cc1C. The van der Waals surface area contributed by atoms with Gasteiger partial charge in [-0.15, -0.1) is 0 Å². The molecule has 1 atom stereocenters. The molecule has 1 N–H and O–H groups in total. The Morgan fingerprint density at radius 2 is 1.39 bits per heavy atom. The third kappa shape index (κ3) is 6.41. The number of nitrogens with zero attached hydrogens (tertiary/aromatic N) is 2. The Bertz CT molecular complexity index is 1430. The molecule has 194 valence electrons. The van der Waals surface area contributed by atoms with Crippen LogP contribution in [0.25, 0.3) is 22.5 Å². The summed E-state index contributed by atoms with van der Waals surface area (Å²) in [6.45, 7) is 10.5. The average molecular weight is 507 g/mol. The lowest BCUT2D eigenvalue weighted by Crippen LogP contribution is -2.20. The monoisotopic (exact) mass is 506 g/mol. The minimum atomic E-state index is -0.973. The van der Waals surface area contributed by atoms with Crippen LogP contribution in [0.4, 0.5) is 0 Å². The lowest BCUT2D eigenvalue weighted by atomic mass is 9.86. The number of carboxylic acid groups (broad SMARTS) is 1. The Balaban J connectivity index is 1.42. The molecule has 0 fully saturated rings. The number of carbonyl (C=O) groups excluding carboxylic acids is 1.